The van der Waals surface area contributed by atoms with Crippen molar-refractivity contribution in [3.63, 3.8) is 0 Å². The summed E-state index contributed by atoms with van der Waals surface area (Å²) in [5.41, 5.74) is -0.0102. The predicted molar refractivity (Wildman–Crippen MR) is 36.8 cm³/mol. The van der Waals surface area contributed by atoms with Crippen LogP contribution in [0.25, 0.3) is 0 Å². The van der Waals surface area contributed by atoms with E-state index >= 15 is 0 Å². The monoisotopic (exact) mass is 138 g/mol. The number of nitrogens with zero attached hydrogens (tertiary/aromatic N) is 1. The zero-order chi connectivity index (χ0) is 8.72. The first-order valence-electron chi connectivity index (χ1n) is 4.26. The lowest BCUT2D eigenvalue weighted by Gasteiger charge is -1.91. The molecule has 1 saturated carbocycles. The minimum absolute atomic E-state index is 0.0127. The average Bonchev–Trinajstić information content (AvgIpc) is 2.84. The molecule has 1 fully saturated rings. The van der Waals surface area contributed by atoms with Crippen LogP contribution in [0.1, 0.15) is 27.2 Å². The number of rotatable bonds is 1. The third kappa shape index (κ3) is 0.943. The molecule has 0 amide bonds. The summed E-state index contributed by atoms with van der Waals surface area (Å²) >= 11 is 0. The summed E-state index contributed by atoms with van der Waals surface area (Å²) in [6, 6.07) is -0.284. The molecule has 0 atom stereocenters. The molecule has 0 bridgehead atoms. The third-order valence-corrected chi connectivity index (χ3v) is 1.55. The van der Waals surface area contributed by atoms with Crippen LogP contribution in [0.3, 0.4) is 0 Å². The summed E-state index contributed by atoms with van der Waals surface area (Å²) in [7, 11) is 0. The van der Waals surface area contributed by atoms with Gasteiger partial charge in [0.15, 0.2) is 0 Å². The van der Waals surface area contributed by atoms with Crippen LogP contribution in [0.15, 0.2) is 16.9 Å². The first kappa shape index (κ1) is 3.91. The molecular formula is C7H8N2O. The first-order chi connectivity index (χ1) is 5.70. The fourth-order valence-corrected chi connectivity index (χ4v) is 0.838. The largest absolute Gasteiger partial charge is 0.268 e. The van der Waals surface area contributed by atoms with E-state index in [9.17, 15) is 4.79 Å². The van der Waals surface area contributed by atoms with Crippen molar-refractivity contribution in [2.45, 2.75) is 18.8 Å². The van der Waals surface area contributed by atoms with Crippen molar-refractivity contribution in [1.29, 1.82) is 0 Å². The molecule has 0 saturated heterocycles. The van der Waals surface area contributed by atoms with Gasteiger partial charge in [-0.3, -0.25) is 4.79 Å². The topological polar surface area (TPSA) is 45.8 Å². The quantitative estimate of drug-likeness (QED) is 0.619. The van der Waals surface area contributed by atoms with Crippen molar-refractivity contribution in [2.24, 2.45) is 0 Å². The number of nitrogens with one attached hydrogen (secondary N) is 1. The molecule has 1 aromatic rings. The van der Waals surface area contributed by atoms with E-state index in [-0.39, 0.29) is 12.1 Å². The summed E-state index contributed by atoms with van der Waals surface area (Å²) in [6.45, 7) is 0. The van der Waals surface area contributed by atoms with Gasteiger partial charge in [0.2, 0.25) is 0 Å². The highest BCUT2D eigenvalue weighted by atomic mass is 16.1. The Labute approximate surface area is 60.9 Å². The molecule has 1 N–H and O–H groups in total. The van der Waals surface area contributed by atoms with Crippen LogP contribution < -0.4 is 5.56 Å². The molecule has 3 heteroatoms. The number of hydrogen-bond acceptors (Lipinski definition) is 2. The molecule has 3 nitrogen and oxygen atoms in total. The van der Waals surface area contributed by atoms with Gasteiger partial charge in [0.25, 0.3) is 5.56 Å². The Morgan fingerprint density at radius 2 is 2.50 bits per heavy atom. The molecule has 1 heterocycles. The van der Waals surface area contributed by atoms with Crippen molar-refractivity contribution >= 4 is 0 Å². The second-order valence-electron chi connectivity index (χ2n) is 2.46. The van der Waals surface area contributed by atoms with Gasteiger partial charge in [-0.05, 0) is 18.9 Å². The molecule has 0 spiro atoms. The summed E-state index contributed by atoms with van der Waals surface area (Å²) in [5.74, 6) is 0.304. The molecule has 2 rings (SSSR count). The summed E-state index contributed by atoms with van der Waals surface area (Å²) in [4.78, 5) is 10.8. The van der Waals surface area contributed by atoms with Crippen molar-refractivity contribution in [1.82, 2.24) is 10.2 Å². The van der Waals surface area contributed by atoms with Gasteiger partial charge in [-0.2, -0.15) is 5.10 Å². The van der Waals surface area contributed by atoms with E-state index in [4.69, 9.17) is 2.74 Å². The van der Waals surface area contributed by atoms with E-state index < -0.39 is 5.56 Å². The molecule has 0 radical (unpaired) electrons. The van der Waals surface area contributed by atoms with E-state index in [0.717, 1.165) is 12.8 Å². The van der Waals surface area contributed by atoms with E-state index in [0.29, 0.717) is 11.6 Å². The summed E-state index contributed by atoms with van der Waals surface area (Å²) < 4.78 is 14.7. The third-order valence-electron chi connectivity index (χ3n) is 1.55. The molecule has 0 aromatic carbocycles. The molecule has 10 heavy (non-hydrogen) atoms. The molecular weight excluding hydrogens is 128 g/mol. The van der Waals surface area contributed by atoms with Crippen LogP contribution in [0, 0.1) is 0 Å². The Hall–Kier alpha value is -1.12. The molecule has 1 aliphatic rings. The smallest absolute Gasteiger partial charge is 0.264 e. The second kappa shape index (κ2) is 1.94. The Morgan fingerprint density at radius 3 is 3.20 bits per heavy atom. The highest BCUT2D eigenvalue weighted by Crippen LogP contribution is 2.38. The molecule has 1 aliphatic carbocycles. The van der Waals surface area contributed by atoms with Crippen molar-refractivity contribution in [3.8, 4) is 0 Å². The normalized spacial score (nSPS) is 20.0. The van der Waals surface area contributed by atoms with Gasteiger partial charge < -0.3 is 0 Å². The molecule has 52 valence electrons. The van der Waals surface area contributed by atoms with Crippen LogP contribution >= 0.6 is 0 Å². The van der Waals surface area contributed by atoms with Gasteiger partial charge in [-0.25, -0.2) is 5.10 Å². The highest BCUT2D eigenvalue weighted by Gasteiger charge is 2.24. The predicted octanol–water partition coefficient (Wildman–Crippen LogP) is 0.647. The van der Waals surface area contributed by atoms with Gasteiger partial charge in [-0.15, -0.1) is 0 Å². The average molecular weight is 138 g/mol. The van der Waals surface area contributed by atoms with E-state index in [2.05, 4.69) is 10.2 Å². The molecule has 1 aromatic heterocycles. The number of hydrogen-bond donors (Lipinski definition) is 1. The molecule has 0 aliphatic heterocycles. The summed E-state index contributed by atoms with van der Waals surface area (Å²) in [6.07, 6.45) is 2.04. The SMILES string of the molecule is [2H]c1c(C2CC2)n[nH]c(=O)c1[2H]. The van der Waals surface area contributed by atoms with E-state index in [1.54, 1.807) is 0 Å². The fourth-order valence-electron chi connectivity index (χ4n) is 0.838. The minimum atomic E-state index is -0.579. The Bertz CT molecular complexity index is 370. The van der Waals surface area contributed by atoms with Crippen molar-refractivity contribution in [3.05, 3.63) is 28.1 Å². The Balaban J connectivity index is 2.57. The van der Waals surface area contributed by atoms with Gasteiger partial charge in [-0.1, -0.05) is 0 Å². The van der Waals surface area contributed by atoms with Gasteiger partial charge in [0.05, 0.1) is 8.44 Å². The maximum Gasteiger partial charge on any atom is 0.264 e. The Morgan fingerprint density at radius 1 is 1.70 bits per heavy atom. The number of aromatic amines is 1. The van der Waals surface area contributed by atoms with Crippen molar-refractivity contribution < 1.29 is 2.74 Å². The lowest BCUT2D eigenvalue weighted by Crippen LogP contribution is -2.06. The van der Waals surface area contributed by atoms with Gasteiger partial charge >= 0.3 is 0 Å². The van der Waals surface area contributed by atoms with Gasteiger partial charge in [0.1, 0.15) is 0 Å². The highest BCUT2D eigenvalue weighted by molar-refractivity contribution is 5.11. The van der Waals surface area contributed by atoms with Crippen molar-refractivity contribution in [2.75, 3.05) is 0 Å². The second-order valence-corrected chi connectivity index (χ2v) is 2.46. The van der Waals surface area contributed by atoms with Crippen LogP contribution in [-0.2, 0) is 0 Å². The standard InChI is InChI=1S/C7H8N2O/c10-7-4-3-6(8-9-7)5-1-2-5/h3-5H,1-2H2,(H,9,10)/i3D,4D. The Kier molecular flexibility index (Phi) is 0.756. The maximum atomic E-state index is 10.8. The lowest BCUT2D eigenvalue weighted by atomic mass is 10.3. The zero-order valence-electron chi connectivity index (χ0n) is 7.35. The number of aromatic nitrogens is 2. The van der Waals surface area contributed by atoms with Crippen LogP contribution in [0.2, 0.25) is 0 Å². The van der Waals surface area contributed by atoms with Crippen LogP contribution in [0.4, 0.5) is 0 Å². The maximum absolute atomic E-state index is 10.8. The minimum Gasteiger partial charge on any atom is -0.268 e. The lowest BCUT2D eigenvalue weighted by molar-refractivity contribution is 0.888. The fraction of sp³-hybridized carbons (Fsp3) is 0.429. The number of H-pyrrole nitrogens is 1. The van der Waals surface area contributed by atoms with E-state index in [1.807, 2.05) is 0 Å². The molecule has 0 unspecified atom stereocenters. The van der Waals surface area contributed by atoms with Crippen LogP contribution in [0.5, 0.6) is 0 Å². The zero-order valence-corrected chi connectivity index (χ0v) is 5.35. The van der Waals surface area contributed by atoms with E-state index in [1.165, 1.54) is 0 Å². The summed E-state index contributed by atoms with van der Waals surface area (Å²) in [5, 5.41) is 5.97. The van der Waals surface area contributed by atoms with Gasteiger partial charge in [0, 0.05) is 12.0 Å². The first-order valence-corrected chi connectivity index (χ1v) is 3.26. The van der Waals surface area contributed by atoms with Crippen LogP contribution in [-0.4, -0.2) is 10.2 Å².